The zero-order valence-corrected chi connectivity index (χ0v) is 13.1. The number of aryl methyl sites for hydroxylation is 1. The number of rotatable bonds is 3. The van der Waals surface area contributed by atoms with Gasteiger partial charge in [-0.1, -0.05) is 50.2 Å². The summed E-state index contributed by atoms with van der Waals surface area (Å²) in [5.41, 5.74) is 5.23. The molecular formula is C19H24N2. The van der Waals surface area contributed by atoms with Gasteiger partial charge >= 0.3 is 0 Å². The highest BCUT2D eigenvalue weighted by molar-refractivity contribution is 5.59. The molecule has 0 saturated heterocycles. The molecule has 1 heterocycles. The second kappa shape index (κ2) is 5.80. The Balaban J connectivity index is 1.89. The highest BCUT2D eigenvalue weighted by Gasteiger charge is 2.32. The van der Waals surface area contributed by atoms with Gasteiger partial charge in [0.05, 0.1) is 6.17 Å². The molecule has 2 nitrogen and oxygen atoms in total. The number of nitrogens with one attached hydrogen (secondary N) is 2. The van der Waals surface area contributed by atoms with E-state index in [1.807, 2.05) is 0 Å². The van der Waals surface area contributed by atoms with Crippen molar-refractivity contribution >= 4 is 11.4 Å². The summed E-state index contributed by atoms with van der Waals surface area (Å²) in [6, 6.07) is 17.2. The normalized spacial score (nSPS) is 24.0. The van der Waals surface area contributed by atoms with E-state index in [9.17, 15) is 0 Å². The van der Waals surface area contributed by atoms with Crippen molar-refractivity contribution in [2.24, 2.45) is 5.92 Å². The average molecular weight is 280 g/mol. The number of fused-ring (bicyclic) bond motifs is 1. The molecule has 110 valence electrons. The lowest BCUT2D eigenvalue weighted by Gasteiger charge is -2.39. The van der Waals surface area contributed by atoms with Crippen LogP contribution in [0.2, 0.25) is 0 Å². The van der Waals surface area contributed by atoms with Crippen molar-refractivity contribution in [3.63, 3.8) is 0 Å². The Hall–Kier alpha value is -1.96. The molecule has 3 atom stereocenters. The zero-order valence-electron chi connectivity index (χ0n) is 13.1. The van der Waals surface area contributed by atoms with E-state index in [0.29, 0.717) is 11.8 Å². The molecule has 1 aliphatic rings. The quantitative estimate of drug-likeness (QED) is 0.827. The van der Waals surface area contributed by atoms with Crippen molar-refractivity contribution in [1.82, 2.24) is 0 Å². The van der Waals surface area contributed by atoms with E-state index < -0.39 is 0 Å². The predicted octanol–water partition coefficient (Wildman–Crippen LogP) is 4.99. The first-order chi connectivity index (χ1) is 10.2. The van der Waals surface area contributed by atoms with E-state index in [-0.39, 0.29) is 6.17 Å². The molecule has 0 aliphatic carbocycles. The van der Waals surface area contributed by atoms with Gasteiger partial charge < -0.3 is 10.6 Å². The molecule has 0 fully saturated rings. The molecule has 0 bridgehead atoms. The van der Waals surface area contributed by atoms with E-state index in [2.05, 4.69) is 79.9 Å². The Kier molecular flexibility index (Phi) is 3.87. The monoisotopic (exact) mass is 280 g/mol. The van der Waals surface area contributed by atoms with Crippen LogP contribution in [-0.4, -0.2) is 6.17 Å². The van der Waals surface area contributed by atoms with Crippen molar-refractivity contribution < 1.29 is 0 Å². The first kappa shape index (κ1) is 14.0. The summed E-state index contributed by atoms with van der Waals surface area (Å²) in [4.78, 5) is 0. The highest BCUT2D eigenvalue weighted by Crippen LogP contribution is 2.40. The lowest BCUT2D eigenvalue weighted by molar-refractivity contribution is 0.396. The number of anilines is 2. The Morgan fingerprint density at radius 2 is 1.76 bits per heavy atom. The van der Waals surface area contributed by atoms with Crippen LogP contribution in [0, 0.1) is 12.8 Å². The van der Waals surface area contributed by atoms with Crippen LogP contribution in [0.1, 0.15) is 37.3 Å². The topological polar surface area (TPSA) is 24.1 Å². The summed E-state index contributed by atoms with van der Waals surface area (Å²) >= 11 is 0. The minimum Gasteiger partial charge on any atom is -0.365 e. The maximum atomic E-state index is 3.69. The van der Waals surface area contributed by atoms with Gasteiger partial charge in [-0.05, 0) is 42.5 Å². The summed E-state index contributed by atoms with van der Waals surface area (Å²) in [6.07, 6.45) is 1.44. The van der Waals surface area contributed by atoms with Crippen molar-refractivity contribution in [3.8, 4) is 0 Å². The SMILES string of the molecule is CCC1c2ccccc2NC(Nc2ccccc2C)C1C. The second-order valence-electron chi connectivity index (χ2n) is 6.04. The third kappa shape index (κ3) is 2.63. The third-order valence-corrected chi connectivity index (χ3v) is 4.73. The zero-order chi connectivity index (χ0) is 14.8. The number of hydrogen-bond acceptors (Lipinski definition) is 2. The largest absolute Gasteiger partial charge is 0.365 e. The Labute approximate surface area is 127 Å². The summed E-state index contributed by atoms with van der Waals surface area (Å²) < 4.78 is 0. The molecule has 0 saturated carbocycles. The number of hydrogen-bond donors (Lipinski definition) is 2. The van der Waals surface area contributed by atoms with E-state index in [0.717, 1.165) is 0 Å². The third-order valence-electron chi connectivity index (χ3n) is 4.73. The second-order valence-corrected chi connectivity index (χ2v) is 6.04. The Morgan fingerprint density at radius 3 is 2.52 bits per heavy atom. The fraction of sp³-hybridized carbons (Fsp3) is 0.368. The molecule has 0 radical (unpaired) electrons. The highest BCUT2D eigenvalue weighted by atomic mass is 15.1. The van der Waals surface area contributed by atoms with Crippen molar-refractivity contribution in [1.29, 1.82) is 0 Å². The summed E-state index contributed by atoms with van der Waals surface area (Å²) in [6.45, 7) is 6.78. The van der Waals surface area contributed by atoms with Crippen LogP contribution in [0.15, 0.2) is 48.5 Å². The van der Waals surface area contributed by atoms with Crippen LogP contribution in [0.25, 0.3) is 0 Å². The maximum absolute atomic E-state index is 3.69. The molecule has 2 heteroatoms. The number of benzene rings is 2. The van der Waals surface area contributed by atoms with Crippen molar-refractivity contribution in [2.75, 3.05) is 10.6 Å². The molecule has 0 amide bonds. The molecular weight excluding hydrogens is 256 g/mol. The summed E-state index contributed by atoms with van der Waals surface area (Å²) in [5, 5.41) is 7.37. The van der Waals surface area contributed by atoms with Gasteiger partial charge in [0.1, 0.15) is 0 Å². The lowest BCUT2D eigenvalue weighted by atomic mass is 9.79. The van der Waals surface area contributed by atoms with Gasteiger partial charge in [0.25, 0.3) is 0 Å². The van der Waals surface area contributed by atoms with Crippen LogP contribution in [0.3, 0.4) is 0 Å². The summed E-state index contributed by atoms with van der Waals surface area (Å²) in [7, 11) is 0. The van der Waals surface area contributed by atoms with Gasteiger partial charge in [0, 0.05) is 17.3 Å². The van der Waals surface area contributed by atoms with Crippen molar-refractivity contribution in [3.05, 3.63) is 59.7 Å². The van der Waals surface area contributed by atoms with Gasteiger partial charge in [-0.15, -0.1) is 0 Å². The Morgan fingerprint density at radius 1 is 1.05 bits per heavy atom. The average Bonchev–Trinajstić information content (AvgIpc) is 2.50. The van der Waals surface area contributed by atoms with Gasteiger partial charge in [0.2, 0.25) is 0 Å². The smallest absolute Gasteiger partial charge is 0.0996 e. The lowest BCUT2D eigenvalue weighted by Crippen LogP contribution is -2.42. The first-order valence-electron chi connectivity index (χ1n) is 7.88. The fourth-order valence-electron chi connectivity index (χ4n) is 3.43. The van der Waals surface area contributed by atoms with Crippen LogP contribution < -0.4 is 10.6 Å². The van der Waals surface area contributed by atoms with E-state index in [1.165, 1.54) is 28.9 Å². The molecule has 0 aromatic heterocycles. The molecule has 0 spiro atoms. The van der Waals surface area contributed by atoms with E-state index in [1.54, 1.807) is 0 Å². The van der Waals surface area contributed by atoms with Crippen LogP contribution in [0.4, 0.5) is 11.4 Å². The van der Waals surface area contributed by atoms with Gasteiger partial charge in [-0.2, -0.15) is 0 Å². The van der Waals surface area contributed by atoms with Gasteiger partial charge in [-0.3, -0.25) is 0 Å². The van der Waals surface area contributed by atoms with E-state index in [4.69, 9.17) is 0 Å². The molecule has 1 aliphatic heterocycles. The molecule has 3 rings (SSSR count). The van der Waals surface area contributed by atoms with Gasteiger partial charge in [0.15, 0.2) is 0 Å². The minimum atomic E-state index is 0.269. The summed E-state index contributed by atoms with van der Waals surface area (Å²) in [5.74, 6) is 1.15. The fourth-order valence-corrected chi connectivity index (χ4v) is 3.43. The van der Waals surface area contributed by atoms with E-state index >= 15 is 0 Å². The van der Waals surface area contributed by atoms with Gasteiger partial charge in [-0.25, -0.2) is 0 Å². The first-order valence-corrected chi connectivity index (χ1v) is 7.88. The predicted molar refractivity (Wildman–Crippen MR) is 90.9 cm³/mol. The number of para-hydroxylation sites is 2. The molecule has 2 aromatic carbocycles. The standard InChI is InChI=1S/C19H24N2/c1-4-15-14(3)19(20-17-11-7-5-9-13(17)2)21-18-12-8-6-10-16(15)18/h5-12,14-15,19-21H,4H2,1-3H3. The molecule has 3 unspecified atom stereocenters. The molecule has 21 heavy (non-hydrogen) atoms. The van der Waals surface area contributed by atoms with Crippen LogP contribution in [0.5, 0.6) is 0 Å². The van der Waals surface area contributed by atoms with Crippen LogP contribution in [-0.2, 0) is 0 Å². The maximum Gasteiger partial charge on any atom is 0.0996 e. The van der Waals surface area contributed by atoms with Crippen LogP contribution >= 0.6 is 0 Å². The minimum absolute atomic E-state index is 0.269. The Bertz CT molecular complexity index is 620. The molecule has 2 N–H and O–H groups in total. The van der Waals surface area contributed by atoms with Crippen molar-refractivity contribution in [2.45, 2.75) is 39.3 Å². The molecule has 2 aromatic rings.